The van der Waals surface area contributed by atoms with Crippen molar-refractivity contribution in [1.29, 1.82) is 0 Å². The standard InChI is InChI=1S/C18H16BrNO/c1-2-18(21,14-6-4-7-15(19)11-14)17-8-3-5-13-9-10-20-12-16(13)17/h3-12,21H,2H2,1H3. The summed E-state index contributed by atoms with van der Waals surface area (Å²) >= 11 is 3.48. The fourth-order valence-electron chi connectivity index (χ4n) is 2.77. The lowest BCUT2D eigenvalue weighted by atomic mass is 9.82. The number of aromatic nitrogens is 1. The van der Waals surface area contributed by atoms with Crippen LogP contribution in [0.2, 0.25) is 0 Å². The molecule has 1 N–H and O–H groups in total. The first-order valence-electron chi connectivity index (χ1n) is 6.97. The second-order valence-electron chi connectivity index (χ2n) is 5.13. The van der Waals surface area contributed by atoms with Gasteiger partial charge in [0.25, 0.3) is 0 Å². The zero-order chi connectivity index (χ0) is 14.9. The van der Waals surface area contributed by atoms with Crippen molar-refractivity contribution in [3.8, 4) is 0 Å². The maximum absolute atomic E-state index is 11.3. The molecule has 1 heterocycles. The lowest BCUT2D eigenvalue weighted by Crippen LogP contribution is -2.26. The second kappa shape index (κ2) is 5.58. The van der Waals surface area contributed by atoms with Crippen LogP contribution in [0.25, 0.3) is 10.8 Å². The van der Waals surface area contributed by atoms with Gasteiger partial charge in [-0.15, -0.1) is 0 Å². The van der Waals surface area contributed by atoms with E-state index < -0.39 is 5.60 Å². The molecule has 1 unspecified atom stereocenters. The smallest absolute Gasteiger partial charge is 0.115 e. The maximum Gasteiger partial charge on any atom is 0.115 e. The van der Waals surface area contributed by atoms with E-state index in [4.69, 9.17) is 0 Å². The molecule has 0 radical (unpaired) electrons. The summed E-state index contributed by atoms with van der Waals surface area (Å²) in [4.78, 5) is 4.21. The Morgan fingerprint density at radius 1 is 1.14 bits per heavy atom. The van der Waals surface area contributed by atoms with Gasteiger partial charge in [-0.1, -0.05) is 53.2 Å². The minimum atomic E-state index is -1.02. The van der Waals surface area contributed by atoms with Crippen molar-refractivity contribution in [2.75, 3.05) is 0 Å². The molecule has 2 aromatic carbocycles. The highest BCUT2D eigenvalue weighted by atomic mass is 79.9. The molecule has 3 rings (SSSR count). The SMILES string of the molecule is CCC(O)(c1cccc(Br)c1)c1cccc2ccncc12. The van der Waals surface area contributed by atoms with Gasteiger partial charge < -0.3 is 5.11 Å². The van der Waals surface area contributed by atoms with Crippen LogP contribution in [0.15, 0.2) is 65.4 Å². The van der Waals surface area contributed by atoms with E-state index in [9.17, 15) is 5.11 Å². The minimum Gasteiger partial charge on any atom is -0.380 e. The first kappa shape index (κ1) is 14.2. The Morgan fingerprint density at radius 3 is 2.71 bits per heavy atom. The highest BCUT2D eigenvalue weighted by Crippen LogP contribution is 2.37. The zero-order valence-electron chi connectivity index (χ0n) is 11.8. The molecule has 0 fully saturated rings. The van der Waals surface area contributed by atoms with Gasteiger partial charge >= 0.3 is 0 Å². The van der Waals surface area contributed by atoms with E-state index >= 15 is 0 Å². The van der Waals surface area contributed by atoms with Gasteiger partial charge in [0.1, 0.15) is 5.60 Å². The van der Waals surface area contributed by atoms with E-state index in [0.717, 1.165) is 26.4 Å². The predicted molar refractivity (Wildman–Crippen MR) is 89.2 cm³/mol. The third-order valence-corrected chi connectivity index (χ3v) is 4.44. The summed E-state index contributed by atoms with van der Waals surface area (Å²) in [6.45, 7) is 2.00. The van der Waals surface area contributed by atoms with Crippen LogP contribution in [0, 0.1) is 0 Å². The van der Waals surface area contributed by atoms with Gasteiger partial charge in [-0.3, -0.25) is 4.98 Å². The lowest BCUT2D eigenvalue weighted by molar-refractivity contribution is 0.0780. The zero-order valence-corrected chi connectivity index (χ0v) is 13.3. The number of pyridine rings is 1. The summed E-state index contributed by atoms with van der Waals surface area (Å²) in [5, 5.41) is 13.4. The van der Waals surface area contributed by atoms with Gasteiger partial charge in [-0.25, -0.2) is 0 Å². The van der Waals surface area contributed by atoms with Crippen LogP contribution >= 0.6 is 15.9 Å². The van der Waals surface area contributed by atoms with Crippen LogP contribution in [-0.4, -0.2) is 10.1 Å². The number of aliphatic hydroxyl groups is 1. The third-order valence-electron chi connectivity index (χ3n) is 3.94. The summed E-state index contributed by atoms with van der Waals surface area (Å²) in [5.41, 5.74) is 0.760. The average Bonchev–Trinajstić information content (AvgIpc) is 2.53. The van der Waals surface area contributed by atoms with Crippen LogP contribution in [0.3, 0.4) is 0 Å². The topological polar surface area (TPSA) is 33.1 Å². The molecule has 1 aromatic heterocycles. The van der Waals surface area contributed by atoms with Crippen LogP contribution in [0.5, 0.6) is 0 Å². The molecule has 1 atom stereocenters. The van der Waals surface area contributed by atoms with Gasteiger partial charge in [0.15, 0.2) is 0 Å². The summed E-state index contributed by atoms with van der Waals surface area (Å²) < 4.78 is 0.963. The van der Waals surface area contributed by atoms with Gasteiger partial charge in [0.05, 0.1) is 0 Å². The fourth-order valence-corrected chi connectivity index (χ4v) is 3.17. The summed E-state index contributed by atoms with van der Waals surface area (Å²) in [6.07, 6.45) is 4.19. The van der Waals surface area contributed by atoms with Crippen LogP contribution in [0.1, 0.15) is 24.5 Å². The van der Waals surface area contributed by atoms with E-state index in [-0.39, 0.29) is 0 Å². The molecule has 3 aromatic rings. The van der Waals surface area contributed by atoms with Crippen molar-refractivity contribution in [2.45, 2.75) is 18.9 Å². The predicted octanol–water partition coefficient (Wildman–Crippen LogP) is 4.64. The highest BCUT2D eigenvalue weighted by Gasteiger charge is 2.31. The molecule has 0 amide bonds. The Morgan fingerprint density at radius 2 is 1.95 bits per heavy atom. The molecule has 0 bridgehead atoms. The van der Waals surface area contributed by atoms with E-state index in [1.54, 1.807) is 6.20 Å². The Balaban J connectivity index is 2.27. The number of halogens is 1. The summed E-state index contributed by atoms with van der Waals surface area (Å²) in [6, 6.07) is 15.8. The van der Waals surface area contributed by atoms with E-state index in [0.29, 0.717) is 6.42 Å². The van der Waals surface area contributed by atoms with E-state index in [2.05, 4.69) is 20.9 Å². The van der Waals surface area contributed by atoms with Crippen LogP contribution < -0.4 is 0 Å². The molecular formula is C18H16BrNO. The number of hydrogen-bond donors (Lipinski definition) is 1. The molecule has 0 saturated heterocycles. The number of benzene rings is 2. The van der Waals surface area contributed by atoms with Gasteiger partial charge in [0.2, 0.25) is 0 Å². The minimum absolute atomic E-state index is 0.595. The fraction of sp³-hybridized carbons (Fsp3) is 0.167. The molecule has 0 spiro atoms. The Bertz CT molecular complexity index is 782. The largest absolute Gasteiger partial charge is 0.380 e. The second-order valence-corrected chi connectivity index (χ2v) is 6.04. The van der Waals surface area contributed by atoms with E-state index in [1.165, 1.54) is 0 Å². The third kappa shape index (κ3) is 2.47. The van der Waals surface area contributed by atoms with Gasteiger partial charge in [-0.2, -0.15) is 0 Å². The lowest BCUT2D eigenvalue weighted by Gasteiger charge is -2.29. The first-order valence-corrected chi connectivity index (χ1v) is 7.76. The van der Waals surface area contributed by atoms with Crippen molar-refractivity contribution < 1.29 is 5.11 Å². The summed E-state index contributed by atoms with van der Waals surface area (Å²) in [5.74, 6) is 0. The maximum atomic E-state index is 11.3. The van der Waals surface area contributed by atoms with Crippen LogP contribution in [0.4, 0.5) is 0 Å². The molecule has 0 saturated carbocycles. The normalized spacial score (nSPS) is 14.0. The number of nitrogens with zero attached hydrogens (tertiary/aromatic N) is 1. The van der Waals surface area contributed by atoms with Crippen molar-refractivity contribution in [2.24, 2.45) is 0 Å². The summed E-state index contributed by atoms with van der Waals surface area (Å²) in [7, 11) is 0. The van der Waals surface area contributed by atoms with Gasteiger partial charge in [0, 0.05) is 22.3 Å². The molecule has 2 nitrogen and oxygen atoms in total. The molecule has 3 heteroatoms. The van der Waals surface area contributed by atoms with E-state index in [1.807, 2.05) is 61.7 Å². The number of hydrogen-bond acceptors (Lipinski definition) is 2. The van der Waals surface area contributed by atoms with Crippen LogP contribution in [-0.2, 0) is 5.60 Å². The van der Waals surface area contributed by atoms with Gasteiger partial charge in [-0.05, 0) is 41.1 Å². The van der Waals surface area contributed by atoms with Crippen molar-refractivity contribution in [3.63, 3.8) is 0 Å². The van der Waals surface area contributed by atoms with Crippen molar-refractivity contribution >= 4 is 26.7 Å². The Labute approximate surface area is 132 Å². The molecule has 0 aliphatic rings. The molecule has 0 aliphatic carbocycles. The molecule has 106 valence electrons. The van der Waals surface area contributed by atoms with Crippen molar-refractivity contribution in [1.82, 2.24) is 4.98 Å². The average molecular weight is 342 g/mol. The highest BCUT2D eigenvalue weighted by molar-refractivity contribution is 9.10. The van der Waals surface area contributed by atoms with Crippen molar-refractivity contribution in [3.05, 3.63) is 76.5 Å². The number of fused-ring (bicyclic) bond motifs is 1. The monoisotopic (exact) mass is 341 g/mol. The molecule has 0 aliphatic heterocycles. The Kier molecular flexibility index (Phi) is 3.79. The Hall–Kier alpha value is -1.71. The quantitative estimate of drug-likeness (QED) is 0.752. The molecular weight excluding hydrogens is 326 g/mol. The molecule has 21 heavy (non-hydrogen) atoms. The number of rotatable bonds is 3. The first-order chi connectivity index (χ1) is 10.1.